The van der Waals surface area contributed by atoms with Crippen LogP contribution in [-0.4, -0.2) is 11.5 Å². The predicted molar refractivity (Wildman–Crippen MR) is 47.0 cm³/mol. The third-order valence-electron chi connectivity index (χ3n) is 1.84. The minimum absolute atomic E-state index is 0.0108. The molecular weight excluding hydrogens is 211 g/mol. The third kappa shape index (κ3) is 3.57. The van der Waals surface area contributed by atoms with Crippen LogP contribution in [-0.2, 0) is 12.6 Å². The van der Waals surface area contributed by atoms with Crippen LogP contribution < -0.4 is 0 Å². The van der Waals surface area contributed by atoms with Crippen LogP contribution in [0.25, 0.3) is 0 Å². The average Bonchev–Trinajstić information content (AvgIpc) is 2.14. The summed E-state index contributed by atoms with van der Waals surface area (Å²) in [5, 5.41) is 10.0. The molecule has 0 spiro atoms. The van der Waals surface area contributed by atoms with Crippen LogP contribution >= 0.6 is 0 Å². The number of hydrogen-bond donors (Lipinski definition) is 0. The number of nitro groups is 1. The Hall–Kier alpha value is -1.59. The van der Waals surface area contributed by atoms with E-state index in [2.05, 4.69) is 0 Å². The van der Waals surface area contributed by atoms with Gasteiger partial charge >= 0.3 is 6.18 Å². The van der Waals surface area contributed by atoms with Crippen molar-refractivity contribution in [3.63, 3.8) is 0 Å². The van der Waals surface area contributed by atoms with E-state index in [1.54, 1.807) is 0 Å². The number of nitrogens with zero attached hydrogens (tertiary/aromatic N) is 1. The molecule has 0 saturated heterocycles. The first kappa shape index (κ1) is 11.5. The number of hydrogen-bond acceptors (Lipinski definition) is 2. The topological polar surface area (TPSA) is 43.1 Å². The normalized spacial score (nSPS) is 11.4. The van der Waals surface area contributed by atoms with Gasteiger partial charge in [0.05, 0.1) is 5.56 Å². The summed E-state index contributed by atoms with van der Waals surface area (Å²) in [4.78, 5) is 9.48. The van der Waals surface area contributed by atoms with Crippen molar-refractivity contribution in [2.45, 2.75) is 12.6 Å². The van der Waals surface area contributed by atoms with Crippen molar-refractivity contribution in [1.29, 1.82) is 0 Å². The lowest BCUT2D eigenvalue weighted by molar-refractivity contribution is -0.479. The summed E-state index contributed by atoms with van der Waals surface area (Å²) in [7, 11) is 0. The Bertz CT molecular complexity index is 363. The number of benzene rings is 1. The first-order valence-electron chi connectivity index (χ1n) is 4.17. The monoisotopic (exact) mass is 219 g/mol. The Morgan fingerprint density at radius 3 is 2.53 bits per heavy atom. The van der Waals surface area contributed by atoms with Gasteiger partial charge in [-0.1, -0.05) is 18.2 Å². The molecular formula is C9H8F3NO2. The van der Waals surface area contributed by atoms with Gasteiger partial charge in [-0.25, -0.2) is 0 Å². The molecule has 0 fully saturated rings. The molecule has 82 valence electrons. The standard InChI is InChI=1S/C9H8F3NO2/c10-9(11,12)8-3-1-2-7(6-8)4-5-13(14)15/h1-3,6H,4-5H2. The molecule has 0 unspecified atom stereocenters. The van der Waals surface area contributed by atoms with Crippen molar-refractivity contribution in [2.24, 2.45) is 0 Å². The van der Waals surface area contributed by atoms with Crippen molar-refractivity contribution >= 4 is 0 Å². The summed E-state index contributed by atoms with van der Waals surface area (Å²) in [5.74, 6) is 0. The highest BCUT2D eigenvalue weighted by molar-refractivity contribution is 5.25. The highest BCUT2D eigenvalue weighted by atomic mass is 19.4. The second kappa shape index (κ2) is 4.29. The Balaban J connectivity index is 2.79. The first-order valence-corrected chi connectivity index (χ1v) is 4.17. The number of halogens is 3. The van der Waals surface area contributed by atoms with Crippen LogP contribution in [0.2, 0.25) is 0 Å². The van der Waals surface area contributed by atoms with E-state index in [4.69, 9.17) is 0 Å². The Morgan fingerprint density at radius 1 is 1.33 bits per heavy atom. The van der Waals surface area contributed by atoms with Gasteiger partial charge in [0.25, 0.3) is 0 Å². The van der Waals surface area contributed by atoms with E-state index in [9.17, 15) is 23.3 Å². The summed E-state index contributed by atoms with van der Waals surface area (Å²) in [6.45, 7) is -0.360. The highest BCUT2D eigenvalue weighted by Gasteiger charge is 2.30. The maximum atomic E-state index is 12.2. The van der Waals surface area contributed by atoms with Gasteiger partial charge in [0.15, 0.2) is 0 Å². The van der Waals surface area contributed by atoms with Gasteiger partial charge in [0.2, 0.25) is 6.54 Å². The van der Waals surface area contributed by atoms with Gasteiger partial charge in [-0.15, -0.1) is 0 Å². The summed E-state index contributed by atoms with van der Waals surface area (Å²) in [6, 6.07) is 4.57. The fraction of sp³-hybridized carbons (Fsp3) is 0.333. The van der Waals surface area contributed by atoms with Gasteiger partial charge in [-0.3, -0.25) is 10.1 Å². The fourth-order valence-electron chi connectivity index (χ4n) is 1.12. The molecule has 0 N–H and O–H groups in total. The summed E-state index contributed by atoms with van der Waals surface area (Å²) < 4.78 is 36.7. The summed E-state index contributed by atoms with van der Waals surface area (Å²) in [6.07, 6.45) is -4.39. The summed E-state index contributed by atoms with van der Waals surface area (Å²) in [5.41, 5.74) is -0.454. The van der Waals surface area contributed by atoms with E-state index in [-0.39, 0.29) is 13.0 Å². The molecule has 0 amide bonds. The quantitative estimate of drug-likeness (QED) is 0.579. The molecule has 0 aliphatic heterocycles. The lowest BCUT2D eigenvalue weighted by Gasteiger charge is -2.07. The molecule has 0 saturated carbocycles. The van der Waals surface area contributed by atoms with Crippen LogP contribution in [0.1, 0.15) is 11.1 Å². The molecule has 0 aliphatic rings. The van der Waals surface area contributed by atoms with Gasteiger partial charge in [-0.2, -0.15) is 13.2 Å². The second-order valence-corrected chi connectivity index (χ2v) is 3.00. The molecule has 6 heteroatoms. The van der Waals surface area contributed by atoms with Crippen molar-refractivity contribution in [1.82, 2.24) is 0 Å². The SMILES string of the molecule is O=[N+]([O-])CCc1cccc(C(F)(F)F)c1. The van der Waals surface area contributed by atoms with Crippen molar-refractivity contribution < 1.29 is 18.1 Å². The van der Waals surface area contributed by atoms with E-state index in [1.807, 2.05) is 0 Å². The molecule has 0 aromatic heterocycles. The van der Waals surface area contributed by atoms with Gasteiger partial charge < -0.3 is 0 Å². The number of rotatable bonds is 3. The molecule has 1 aromatic carbocycles. The zero-order valence-corrected chi connectivity index (χ0v) is 7.62. The molecule has 0 aliphatic carbocycles. The average molecular weight is 219 g/mol. The Kier molecular flexibility index (Phi) is 3.28. The van der Waals surface area contributed by atoms with Crippen molar-refractivity contribution in [2.75, 3.05) is 6.54 Å². The molecule has 15 heavy (non-hydrogen) atoms. The maximum absolute atomic E-state index is 12.2. The van der Waals surface area contributed by atoms with Crippen molar-refractivity contribution in [3.8, 4) is 0 Å². The zero-order chi connectivity index (χ0) is 11.5. The lowest BCUT2D eigenvalue weighted by Crippen LogP contribution is -2.07. The van der Waals surface area contributed by atoms with Crippen LogP contribution in [0, 0.1) is 10.1 Å². The molecule has 0 bridgehead atoms. The third-order valence-corrected chi connectivity index (χ3v) is 1.84. The Morgan fingerprint density at radius 2 is 2.00 bits per heavy atom. The maximum Gasteiger partial charge on any atom is 0.416 e. The van der Waals surface area contributed by atoms with Crippen molar-refractivity contribution in [3.05, 3.63) is 45.5 Å². The van der Waals surface area contributed by atoms with E-state index in [1.165, 1.54) is 12.1 Å². The van der Waals surface area contributed by atoms with E-state index in [0.29, 0.717) is 5.56 Å². The smallest absolute Gasteiger partial charge is 0.265 e. The van der Waals surface area contributed by atoms with Gasteiger partial charge in [0, 0.05) is 11.3 Å². The second-order valence-electron chi connectivity index (χ2n) is 3.00. The van der Waals surface area contributed by atoms with E-state index in [0.717, 1.165) is 12.1 Å². The van der Waals surface area contributed by atoms with E-state index >= 15 is 0 Å². The van der Waals surface area contributed by atoms with Gasteiger partial charge in [0.1, 0.15) is 0 Å². The highest BCUT2D eigenvalue weighted by Crippen LogP contribution is 2.29. The molecule has 1 aromatic rings. The van der Waals surface area contributed by atoms with E-state index < -0.39 is 16.7 Å². The zero-order valence-electron chi connectivity index (χ0n) is 7.62. The fourth-order valence-corrected chi connectivity index (χ4v) is 1.12. The van der Waals surface area contributed by atoms with Crippen LogP contribution in [0.15, 0.2) is 24.3 Å². The minimum Gasteiger partial charge on any atom is -0.265 e. The molecule has 0 atom stereocenters. The van der Waals surface area contributed by atoms with Crippen LogP contribution in [0.5, 0.6) is 0 Å². The van der Waals surface area contributed by atoms with Gasteiger partial charge in [-0.05, 0) is 11.6 Å². The molecule has 3 nitrogen and oxygen atoms in total. The molecule has 0 heterocycles. The number of alkyl halides is 3. The first-order chi connectivity index (χ1) is 6.89. The van der Waals surface area contributed by atoms with Crippen LogP contribution in [0.3, 0.4) is 0 Å². The summed E-state index contributed by atoms with van der Waals surface area (Å²) >= 11 is 0. The largest absolute Gasteiger partial charge is 0.416 e. The minimum atomic E-state index is -4.40. The molecule has 1 rings (SSSR count). The molecule has 0 radical (unpaired) electrons. The predicted octanol–water partition coefficient (Wildman–Crippen LogP) is 2.52. The Labute approximate surface area is 83.7 Å². The van der Waals surface area contributed by atoms with Crippen LogP contribution in [0.4, 0.5) is 13.2 Å². The lowest BCUT2D eigenvalue weighted by atomic mass is 10.1.